The van der Waals surface area contributed by atoms with Crippen molar-refractivity contribution in [1.29, 1.82) is 0 Å². The molecule has 0 radical (unpaired) electrons. The Morgan fingerprint density at radius 2 is 2.23 bits per heavy atom. The van der Waals surface area contributed by atoms with Gasteiger partial charge in [-0.3, -0.25) is 4.79 Å². The first-order valence-electron chi connectivity index (χ1n) is 4.86. The largest absolute Gasteiger partial charge is 0.392 e. The summed E-state index contributed by atoms with van der Waals surface area (Å²) >= 11 is 0. The van der Waals surface area contributed by atoms with Gasteiger partial charge in [-0.1, -0.05) is 0 Å². The van der Waals surface area contributed by atoms with Crippen LogP contribution in [0.1, 0.15) is 26.2 Å². The number of nitrogens with one attached hydrogen (secondary N) is 2. The van der Waals surface area contributed by atoms with Crippen LogP contribution < -0.4 is 10.6 Å². The van der Waals surface area contributed by atoms with Gasteiger partial charge in [-0.15, -0.1) is 0 Å². The molecule has 4 heteroatoms. The van der Waals surface area contributed by atoms with Crippen LogP contribution >= 0.6 is 0 Å². The molecule has 0 aromatic carbocycles. The average molecular weight is 186 g/mol. The lowest BCUT2D eigenvalue weighted by Crippen LogP contribution is -2.40. The molecule has 1 saturated carbocycles. The van der Waals surface area contributed by atoms with Crippen molar-refractivity contribution in [3.63, 3.8) is 0 Å². The van der Waals surface area contributed by atoms with Gasteiger partial charge in [0.15, 0.2) is 0 Å². The molecule has 13 heavy (non-hydrogen) atoms. The van der Waals surface area contributed by atoms with Crippen LogP contribution in [0, 0.1) is 0 Å². The Balaban J connectivity index is 2.02. The maximum atomic E-state index is 10.5. The van der Waals surface area contributed by atoms with Crippen LogP contribution in [0.5, 0.6) is 0 Å². The monoisotopic (exact) mass is 186 g/mol. The van der Waals surface area contributed by atoms with Crippen molar-refractivity contribution in [3.8, 4) is 0 Å². The maximum absolute atomic E-state index is 10.5. The number of amides is 1. The second kappa shape index (κ2) is 5.19. The second-order valence-corrected chi connectivity index (χ2v) is 3.54. The standard InChI is InChI=1S/C9H18N2O2/c1-7(12)10-5-6-11-8-3-2-4-9(8)13/h8-9,11,13H,2-6H2,1H3,(H,10,12)/t8-,9-/m0/s1. The number of hydrogen-bond donors (Lipinski definition) is 3. The molecule has 0 heterocycles. The van der Waals surface area contributed by atoms with Gasteiger partial charge in [-0.2, -0.15) is 0 Å². The Morgan fingerprint density at radius 1 is 1.46 bits per heavy atom. The molecular weight excluding hydrogens is 168 g/mol. The number of hydrogen-bond acceptors (Lipinski definition) is 3. The molecule has 0 spiro atoms. The number of aliphatic hydroxyl groups excluding tert-OH is 1. The van der Waals surface area contributed by atoms with Crippen molar-refractivity contribution in [2.45, 2.75) is 38.3 Å². The van der Waals surface area contributed by atoms with Gasteiger partial charge in [0.2, 0.25) is 5.91 Å². The third-order valence-electron chi connectivity index (χ3n) is 2.38. The van der Waals surface area contributed by atoms with Crippen LogP contribution in [0.3, 0.4) is 0 Å². The highest BCUT2D eigenvalue weighted by atomic mass is 16.3. The maximum Gasteiger partial charge on any atom is 0.216 e. The molecular formula is C9H18N2O2. The van der Waals surface area contributed by atoms with Gasteiger partial charge < -0.3 is 15.7 Å². The normalized spacial score (nSPS) is 27.5. The van der Waals surface area contributed by atoms with Crippen molar-refractivity contribution >= 4 is 5.91 Å². The fourth-order valence-electron chi connectivity index (χ4n) is 1.67. The Bertz CT molecular complexity index is 173. The summed E-state index contributed by atoms with van der Waals surface area (Å²) in [4.78, 5) is 10.5. The predicted octanol–water partition coefficient (Wildman–Crippen LogP) is -0.374. The van der Waals surface area contributed by atoms with Crippen molar-refractivity contribution in [2.75, 3.05) is 13.1 Å². The van der Waals surface area contributed by atoms with Crippen molar-refractivity contribution in [2.24, 2.45) is 0 Å². The number of carbonyl (C=O) groups excluding carboxylic acids is 1. The highest BCUT2D eigenvalue weighted by molar-refractivity contribution is 5.72. The smallest absolute Gasteiger partial charge is 0.216 e. The van der Waals surface area contributed by atoms with E-state index in [1.807, 2.05) is 0 Å². The predicted molar refractivity (Wildman–Crippen MR) is 50.3 cm³/mol. The Kier molecular flexibility index (Phi) is 4.18. The number of aliphatic hydroxyl groups is 1. The second-order valence-electron chi connectivity index (χ2n) is 3.54. The van der Waals surface area contributed by atoms with Crippen molar-refractivity contribution in [3.05, 3.63) is 0 Å². The minimum absolute atomic E-state index is 0.00577. The van der Waals surface area contributed by atoms with E-state index in [1.54, 1.807) is 0 Å². The third kappa shape index (κ3) is 3.74. The van der Waals surface area contributed by atoms with E-state index in [2.05, 4.69) is 10.6 Å². The fourth-order valence-corrected chi connectivity index (χ4v) is 1.67. The van der Waals surface area contributed by atoms with E-state index in [9.17, 15) is 9.90 Å². The first-order chi connectivity index (χ1) is 6.20. The molecule has 76 valence electrons. The summed E-state index contributed by atoms with van der Waals surface area (Å²) in [6.07, 6.45) is 2.84. The quantitative estimate of drug-likeness (QED) is 0.525. The van der Waals surface area contributed by atoms with Gasteiger partial charge >= 0.3 is 0 Å². The lowest BCUT2D eigenvalue weighted by atomic mass is 10.2. The van der Waals surface area contributed by atoms with Gasteiger partial charge in [0.05, 0.1) is 6.10 Å². The minimum atomic E-state index is -0.197. The summed E-state index contributed by atoms with van der Waals surface area (Å²) in [6, 6.07) is 0.230. The minimum Gasteiger partial charge on any atom is -0.392 e. The van der Waals surface area contributed by atoms with E-state index >= 15 is 0 Å². The molecule has 1 fully saturated rings. The van der Waals surface area contributed by atoms with E-state index in [-0.39, 0.29) is 18.1 Å². The molecule has 1 aliphatic carbocycles. The molecule has 1 aliphatic rings. The van der Waals surface area contributed by atoms with Crippen molar-refractivity contribution in [1.82, 2.24) is 10.6 Å². The van der Waals surface area contributed by atoms with E-state index in [0.29, 0.717) is 6.54 Å². The molecule has 3 N–H and O–H groups in total. The van der Waals surface area contributed by atoms with Crippen LogP contribution in [-0.2, 0) is 4.79 Å². The molecule has 0 saturated heterocycles. The van der Waals surface area contributed by atoms with E-state index < -0.39 is 0 Å². The zero-order valence-corrected chi connectivity index (χ0v) is 8.05. The van der Waals surface area contributed by atoms with Crippen LogP contribution in [0.25, 0.3) is 0 Å². The van der Waals surface area contributed by atoms with E-state index in [0.717, 1.165) is 25.8 Å². The molecule has 0 aliphatic heterocycles. The summed E-state index contributed by atoms with van der Waals surface area (Å²) in [7, 11) is 0. The van der Waals surface area contributed by atoms with Gasteiger partial charge in [0.1, 0.15) is 0 Å². The molecule has 0 bridgehead atoms. The van der Waals surface area contributed by atoms with Gasteiger partial charge in [-0.25, -0.2) is 0 Å². The Morgan fingerprint density at radius 3 is 2.77 bits per heavy atom. The topological polar surface area (TPSA) is 61.4 Å². The molecule has 2 atom stereocenters. The molecule has 1 rings (SSSR count). The van der Waals surface area contributed by atoms with Crippen LogP contribution in [-0.4, -0.2) is 36.2 Å². The van der Waals surface area contributed by atoms with Gasteiger partial charge in [-0.05, 0) is 19.3 Å². The highest BCUT2D eigenvalue weighted by Gasteiger charge is 2.23. The SMILES string of the molecule is CC(=O)NCCN[C@H]1CCC[C@@H]1O. The average Bonchev–Trinajstić information content (AvgIpc) is 2.45. The van der Waals surface area contributed by atoms with Crippen LogP contribution in [0.2, 0.25) is 0 Å². The van der Waals surface area contributed by atoms with E-state index in [1.165, 1.54) is 6.92 Å². The van der Waals surface area contributed by atoms with Crippen LogP contribution in [0.15, 0.2) is 0 Å². The summed E-state index contributed by atoms with van der Waals surface area (Å²) in [5.41, 5.74) is 0. The molecule has 1 amide bonds. The Labute approximate surface area is 78.7 Å². The Hall–Kier alpha value is -0.610. The van der Waals surface area contributed by atoms with Gasteiger partial charge in [0, 0.05) is 26.1 Å². The first-order valence-corrected chi connectivity index (χ1v) is 4.86. The number of carbonyl (C=O) groups is 1. The molecule has 0 aromatic rings. The lowest BCUT2D eigenvalue weighted by molar-refractivity contribution is -0.118. The molecule has 4 nitrogen and oxygen atoms in total. The lowest BCUT2D eigenvalue weighted by Gasteiger charge is -2.16. The third-order valence-corrected chi connectivity index (χ3v) is 2.38. The summed E-state index contributed by atoms with van der Waals surface area (Å²) < 4.78 is 0. The zero-order valence-electron chi connectivity index (χ0n) is 8.05. The highest BCUT2D eigenvalue weighted by Crippen LogP contribution is 2.18. The summed E-state index contributed by atoms with van der Waals surface area (Å²) in [5, 5.41) is 15.4. The fraction of sp³-hybridized carbons (Fsp3) is 0.889. The van der Waals surface area contributed by atoms with E-state index in [4.69, 9.17) is 0 Å². The number of rotatable bonds is 4. The first kappa shape index (κ1) is 10.5. The molecule has 0 unspecified atom stereocenters. The zero-order chi connectivity index (χ0) is 9.68. The van der Waals surface area contributed by atoms with Gasteiger partial charge in [0.25, 0.3) is 0 Å². The summed E-state index contributed by atoms with van der Waals surface area (Å²) in [6.45, 7) is 2.88. The summed E-state index contributed by atoms with van der Waals surface area (Å²) in [5.74, 6) is -0.00577. The molecule has 0 aromatic heterocycles. The van der Waals surface area contributed by atoms with Crippen LogP contribution in [0.4, 0.5) is 0 Å². The van der Waals surface area contributed by atoms with Crippen molar-refractivity contribution < 1.29 is 9.90 Å².